The second-order valence-electron chi connectivity index (χ2n) is 6.25. The van der Waals surface area contributed by atoms with Crippen LogP contribution < -0.4 is 0 Å². The van der Waals surface area contributed by atoms with Gasteiger partial charge in [-0.1, -0.05) is 52.4 Å². The number of unbranched alkanes of at least 4 members (excludes halogenated alkanes) is 3. The summed E-state index contributed by atoms with van der Waals surface area (Å²) < 4.78 is 0. The Morgan fingerprint density at radius 3 is 2.18 bits per heavy atom. The van der Waals surface area contributed by atoms with Crippen molar-refractivity contribution in [3.05, 3.63) is 0 Å². The Hall–Kier alpha value is -0.0400. The lowest BCUT2D eigenvalue weighted by molar-refractivity contribution is 0.0303. The molecule has 0 radical (unpaired) electrons. The van der Waals surface area contributed by atoms with Crippen molar-refractivity contribution >= 4 is 0 Å². The minimum absolute atomic E-state index is 0.466. The van der Waals surface area contributed by atoms with Crippen LogP contribution in [0.3, 0.4) is 0 Å². The summed E-state index contributed by atoms with van der Waals surface area (Å²) >= 11 is 0. The summed E-state index contributed by atoms with van der Waals surface area (Å²) in [4.78, 5) is 2.71. The molecule has 0 aromatic rings. The summed E-state index contributed by atoms with van der Waals surface area (Å²) in [5.74, 6) is 0. The molecular formula is C16H33N. The fourth-order valence-electron chi connectivity index (χ4n) is 3.16. The maximum Gasteiger partial charge on any atom is 0.0181 e. The third-order valence-electron chi connectivity index (χ3n) is 4.83. The van der Waals surface area contributed by atoms with Crippen molar-refractivity contribution < 1.29 is 0 Å². The van der Waals surface area contributed by atoms with Crippen LogP contribution in [0.25, 0.3) is 0 Å². The third-order valence-corrected chi connectivity index (χ3v) is 4.83. The van der Waals surface area contributed by atoms with Gasteiger partial charge in [0.1, 0.15) is 0 Å². The van der Waals surface area contributed by atoms with E-state index in [1.165, 1.54) is 64.2 Å². The molecule has 0 spiro atoms. The van der Waals surface area contributed by atoms with Crippen molar-refractivity contribution in [2.24, 2.45) is 0 Å². The van der Waals surface area contributed by atoms with E-state index in [0.717, 1.165) is 6.04 Å². The van der Waals surface area contributed by atoms with E-state index in [2.05, 4.69) is 32.7 Å². The van der Waals surface area contributed by atoms with Crippen molar-refractivity contribution in [2.45, 2.75) is 96.6 Å². The molecule has 1 fully saturated rings. The Morgan fingerprint density at radius 2 is 1.71 bits per heavy atom. The number of nitrogens with zero attached hydrogens (tertiary/aromatic N) is 1. The van der Waals surface area contributed by atoms with Gasteiger partial charge in [-0.05, 0) is 39.7 Å². The van der Waals surface area contributed by atoms with Crippen molar-refractivity contribution in [3.8, 4) is 0 Å². The van der Waals surface area contributed by atoms with Crippen LogP contribution in [0.4, 0.5) is 0 Å². The molecule has 1 aliphatic carbocycles. The molecule has 1 aliphatic rings. The van der Waals surface area contributed by atoms with E-state index in [1.54, 1.807) is 0 Å². The fourth-order valence-corrected chi connectivity index (χ4v) is 3.16. The van der Waals surface area contributed by atoms with Gasteiger partial charge in [-0.15, -0.1) is 0 Å². The zero-order chi connectivity index (χ0) is 12.7. The number of hydrogen-bond donors (Lipinski definition) is 0. The molecular weight excluding hydrogens is 206 g/mol. The summed E-state index contributed by atoms with van der Waals surface area (Å²) in [7, 11) is 2.37. The van der Waals surface area contributed by atoms with E-state index in [1.807, 2.05) is 0 Å². The van der Waals surface area contributed by atoms with Gasteiger partial charge in [0.05, 0.1) is 0 Å². The summed E-state index contributed by atoms with van der Waals surface area (Å²) in [5, 5.41) is 0. The molecule has 0 aromatic heterocycles. The van der Waals surface area contributed by atoms with Crippen molar-refractivity contribution in [3.63, 3.8) is 0 Å². The van der Waals surface area contributed by atoms with Crippen LogP contribution in [-0.2, 0) is 0 Å². The van der Waals surface area contributed by atoms with Gasteiger partial charge in [-0.3, -0.25) is 4.90 Å². The molecule has 0 aliphatic heterocycles. The zero-order valence-electron chi connectivity index (χ0n) is 12.6. The summed E-state index contributed by atoms with van der Waals surface area (Å²) in [6.45, 7) is 7.13. The molecule has 1 nitrogen and oxygen atoms in total. The average Bonchev–Trinajstić information content (AvgIpc) is 2.22. The second kappa shape index (κ2) is 7.41. The summed E-state index contributed by atoms with van der Waals surface area (Å²) in [6.07, 6.45) is 14.0. The first-order valence-corrected chi connectivity index (χ1v) is 7.87. The van der Waals surface area contributed by atoms with Gasteiger partial charge in [0, 0.05) is 11.6 Å². The third kappa shape index (κ3) is 4.28. The quantitative estimate of drug-likeness (QED) is 0.512. The van der Waals surface area contributed by atoms with Crippen molar-refractivity contribution in [1.82, 2.24) is 4.90 Å². The maximum absolute atomic E-state index is 2.71. The molecule has 1 atom stereocenters. The molecule has 17 heavy (non-hydrogen) atoms. The van der Waals surface area contributed by atoms with E-state index >= 15 is 0 Å². The Morgan fingerprint density at radius 1 is 1.00 bits per heavy atom. The highest BCUT2D eigenvalue weighted by Crippen LogP contribution is 2.34. The molecule has 1 saturated carbocycles. The molecule has 1 heteroatoms. The SMILES string of the molecule is CCCCCCC(C)(CCC)N(C)C1CCC1. The van der Waals surface area contributed by atoms with Crippen LogP contribution in [0.1, 0.15) is 85.0 Å². The summed E-state index contributed by atoms with van der Waals surface area (Å²) in [6, 6.07) is 0.887. The highest BCUT2D eigenvalue weighted by atomic mass is 15.2. The molecule has 0 heterocycles. The Labute approximate surface area is 109 Å². The zero-order valence-corrected chi connectivity index (χ0v) is 12.6. The molecule has 0 bridgehead atoms. The lowest BCUT2D eigenvalue weighted by Crippen LogP contribution is -2.51. The minimum Gasteiger partial charge on any atom is -0.298 e. The monoisotopic (exact) mass is 239 g/mol. The largest absolute Gasteiger partial charge is 0.298 e. The Balaban J connectivity index is 2.41. The standard InChI is InChI=1S/C16H33N/c1-5-7-8-9-14-16(3,13-6-2)17(4)15-11-10-12-15/h15H,5-14H2,1-4H3. The first kappa shape index (κ1) is 15.0. The van der Waals surface area contributed by atoms with Crippen LogP contribution in [0.2, 0.25) is 0 Å². The first-order valence-electron chi connectivity index (χ1n) is 7.87. The normalized spacial score (nSPS) is 20.3. The van der Waals surface area contributed by atoms with Crippen LogP contribution in [0.15, 0.2) is 0 Å². The van der Waals surface area contributed by atoms with Gasteiger partial charge in [0.2, 0.25) is 0 Å². The van der Waals surface area contributed by atoms with Crippen molar-refractivity contribution in [2.75, 3.05) is 7.05 Å². The van der Waals surface area contributed by atoms with Gasteiger partial charge in [0.15, 0.2) is 0 Å². The summed E-state index contributed by atoms with van der Waals surface area (Å²) in [5.41, 5.74) is 0.466. The maximum atomic E-state index is 2.71. The lowest BCUT2D eigenvalue weighted by Gasteiger charge is -2.47. The van der Waals surface area contributed by atoms with Crippen LogP contribution in [-0.4, -0.2) is 23.5 Å². The van der Waals surface area contributed by atoms with Crippen LogP contribution >= 0.6 is 0 Å². The number of rotatable bonds is 9. The van der Waals surface area contributed by atoms with E-state index in [4.69, 9.17) is 0 Å². The highest BCUT2D eigenvalue weighted by molar-refractivity contribution is 4.91. The van der Waals surface area contributed by atoms with Gasteiger partial charge in [0.25, 0.3) is 0 Å². The van der Waals surface area contributed by atoms with E-state index in [9.17, 15) is 0 Å². The molecule has 1 rings (SSSR count). The predicted octanol–water partition coefficient (Wildman–Crippen LogP) is 5.00. The average molecular weight is 239 g/mol. The molecule has 0 saturated heterocycles. The van der Waals surface area contributed by atoms with Crippen LogP contribution in [0.5, 0.6) is 0 Å². The minimum atomic E-state index is 0.466. The first-order chi connectivity index (χ1) is 8.14. The topological polar surface area (TPSA) is 3.24 Å². The molecule has 0 N–H and O–H groups in total. The Bertz CT molecular complexity index is 198. The van der Waals surface area contributed by atoms with E-state index in [0.29, 0.717) is 5.54 Å². The van der Waals surface area contributed by atoms with Gasteiger partial charge in [-0.25, -0.2) is 0 Å². The highest BCUT2D eigenvalue weighted by Gasteiger charge is 2.34. The lowest BCUT2D eigenvalue weighted by atomic mass is 9.82. The van der Waals surface area contributed by atoms with Crippen molar-refractivity contribution in [1.29, 1.82) is 0 Å². The molecule has 1 unspecified atom stereocenters. The van der Waals surface area contributed by atoms with Gasteiger partial charge in [-0.2, -0.15) is 0 Å². The Kier molecular flexibility index (Phi) is 6.54. The smallest absolute Gasteiger partial charge is 0.0181 e. The number of hydrogen-bond acceptors (Lipinski definition) is 1. The fraction of sp³-hybridized carbons (Fsp3) is 1.00. The van der Waals surface area contributed by atoms with E-state index < -0.39 is 0 Å². The van der Waals surface area contributed by atoms with Gasteiger partial charge >= 0.3 is 0 Å². The molecule has 0 aromatic carbocycles. The second-order valence-corrected chi connectivity index (χ2v) is 6.25. The predicted molar refractivity (Wildman–Crippen MR) is 77.5 cm³/mol. The molecule has 0 amide bonds. The van der Waals surface area contributed by atoms with Gasteiger partial charge < -0.3 is 0 Å². The van der Waals surface area contributed by atoms with Crippen LogP contribution in [0, 0.1) is 0 Å². The van der Waals surface area contributed by atoms with E-state index in [-0.39, 0.29) is 0 Å². The molecule has 102 valence electrons.